The number of nitro benzene ring substituents is 1. The molecule has 4 aromatic rings. The molecule has 0 spiro atoms. The summed E-state index contributed by atoms with van der Waals surface area (Å²) in [6.45, 7) is 0. The Morgan fingerprint density at radius 3 is 2.39 bits per heavy atom. The minimum absolute atomic E-state index is 0.0445. The number of fused-ring (bicyclic) bond motifs is 1. The number of nitrogens with two attached hydrogens (primary N) is 1. The van der Waals surface area contributed by atoms with Gasteiger partial charge in [0, 0.05) is 12.1 Å². The average molecular weight is 486 g/mol. The lowest BCUT2D eigenvalue weighted by Gasteiger charge is -2.15. The highest BCUT2D eigenvalue weighted by Gasteiger charge is 2.29. The summed E-state index contributed by atoms with van der Waals surface area (Å²) in [6.07, 6.45) is 0. The molecule has 0 amide bonds. The zero-order valence-electron chi connectivity index (χ0n) is 17.0. The topological polar surface area (TPSA) is 150 Å². The van der Waals surface area contributed by atoms with Crippen molar-refractivity contribution in [2.45, 2.75) is 4.90 Å². The summed E-state index contributed by atoms with van der Waals surface area (Å²) in [7, 11) is -2.86. The smallest absolute Gasteiger partial charge is 0.280 e. The van der Waals surface area contributed by atoms with Crippen LogP contribution in [0.5, 0.6) is 5.75 Å². The number of nitrogens with zero attached hydrogens (tertiary/aromatic N) is 3. The van der Waals surface area contributed by atoms with Gasteiger partial charge in [-0.05, 0) is 30.3 Å². The third-order valence-corrected chi connectivity index (χ3v) is 6.02. The maximum Gasteiger partial charge on any atom is 0.280 e. The Morgan fingerprint density at radius 2 is 1.76 bits per heavy atom. The van der Waals surface area contributed by atoms with Gasteiger partial charge in [0.15, 0.2) is 5.82 Å². The van der Waals surface area contributed by atoms with E-state index in [0.717, 1.165) is 0 Å². The molecule has 0 radical (unpaired) electrons. The lowest BCUT2D eigenvalue weighted by Crippen LogP contribution is -2.15. The van der Waals surface area contributed by atoms with E-state index in [1.807, 2.05) is 0 Å². The van der Waals surface area contributed by atoms with Crippen LogP contribution in [0, 0.1) is 10.1 Å². The van der Waals surface area contributed by atoms with Crippen LogP contribution in [-0.2, 0) is 10.0 Å². The Hall–Kier alpha value is -3.80. The fraction of sp³-hybridized carbons (Fsp3) is 0.0476. The first kappa shape index (κ1) is 22.4. The Balaban J connectivity index is 2.06. The van der Waals surface area contributed by atoms with Crippen molar-refractivity contribution in [3.05, 3.63) is 75.8 Å². The monoisotopic (exact) mass is 485 g/mol. The summed E-state index contributed by atoms with van der Waals surface area (Å²) < 4.78 is 29.9. The molecule has 0 aliphatic rings. The molecule has 0 unspecified atom stereocenters. The number of benzene rings is 3. The highest BCUT2D eigenvalue weighted by atomic mass is 35.5. The van der Waals surface area contributed by atoms with Gasteiger partial charge in [0.25, 0.3) is 5.69 Å². The molecular formula is C21H16ClN5O5S. The normalized spacial score (nSPS) is 11.4. The van der Waals surface area contributed by atoms with Gasteiger partial charge in [-0.15, -0.1) is 0 Å². The number of rotatable bonds is 6. The van der Waals surface area contributed by atoms with Crippen molar-refractivity contribution in [1.29, 1.82) is 0 Å². The third kappa shape index (κ3) is 4.42. The summed E-state index contributed by atoms with van der Waals surface area (Å²) >= 11 is 6.31. The van der Waals surface area contributed by atoms with Crippen LogP contribution in [0.4, 0.5) is 17.2 Å². The number of methoxy groups -OCH3 is 1. The number of para-hydroxylation sites is 2. The zero-order chi connectivity index (χ0) is 23.8. The first-order valence-electron chi connectivity index (χ1n) is 9.37. The first-order chi connectivity index (χ1) is 15.7. The quantitative estimate of drug-likeness (QED) is 0.303. The minimum atomic E-state index is -4.35. The number of sulfonamides is 1. The molecule has 12 heteroatoms. The second kappa shape index (κ2) is 8.62. The van der Waals surface area contributed by atoms with E-state index in [2.05, 4.69) is 15.3 Å². The van der Waals surface area contributed by atoms with Crippen LogP contribution in [0.1, 0.15) is 0 Å². The summed E-state index contributed by atoms with van der Waals surface area (Å²) in [4.78, 5) is 19.7. The molecule has 4 rings (SSSR count). The van der Waals surface area contributed by atoms with Gasteiger partial charge in [-0.25, -0.2) is 23.5 Å². The third-order valence-electron chi connectivity index (χ3n) is 4.74. The highest BCUT2D eigenvalue weighted by Crippen LogP contribution is 2.40. The number of hydrogen-bond acceptors (Lipinski definition) is 8. The van der Waals surface area contributed by atoms with Crippen molar-refractivity contribution >= 4 is 49.9 Å². The Morgan fingerprint density at radius 1 is 1.06 bits per heavy atom. The van der Waals surface area contributed by atoms with Crippen LogP contribution < -0.4 is 15.2 Å². The molecule has 0 aliphatic carbocycles. The molecule has 0 saturated carbocycles. The average Bonchev–Trinajstić information content (AvgIpc) is 2.79. The number of anilines is 2. The predicted molar refractivity (Wildman–Crippen MR) is 124 cm³/mol. The van der Waals surface area contributed by atoms with Gasteiger partial charge in [0.1, 0.15) is 17.0 Å². The van der Waals surface area contributed by atoms with Crippen LogP contribution in [0.2, 0.25) is 5.02 Å². The lowest BCUT2D eigenvalue weighted by molar-refractivity contribution is -0.384. The van der Waals surface area contributed by atoms with Gasteiger partial charge in [-0.3, -0.25) is 10.1 Å². The predicted octanol–water partition coefficient (Wildman–Crippen LogP) is 4.26. The molecule has 0 atom stereocenters. The van der Waals surface area contributed by atoms with Crippen LogP contribution in [0.25, 0.3) is 22.3 Å². The van der Waals surface area contributed by atoms with E-state index in [1.165, 1.54) is 25.3 Å². The zero-order valence-corrected chi connectivity index (χ0v) is 18.6. The van der Waals surface area contributed by atoms with E-state index in [1.54, 1.807) is 42.5 Å². The number of nitrogens with one attached hydrogen (secondary N) is 1. The molecule has 0 fully saturated rings. The van der Waals surface area contributed by atoms with Crippen LogP contribution in [0.15, 0.2) is 65.6 Å². The number of nitro groups is 1. The fourth-order valence-electron chi connectivity index (χ4n) is 3.26. The van der Waals surface area contributed by atoms with Crippen molar-refractivity contribution in [2.24, 2.45) is 5.14 Å². The Labute approximate surface area is 193 Å². The molecule has 1 aromatic heterocycles. The maximum atomic E-state index is 12.3. The van der Waals surface area contributed by atoms with E-state index in [9.17, 15) is 18.5 Å². The summed E-state index contributed by atoms with van der Waals surface area (Å²) in [5, 5.41) is 20.5. The van der Waals surface area contributed by atoms with Crippen LogP contribution in [0.3, 0.4) is 0 Å². The van der Waals surface area contributed by atoms with Crippen LogP contribution >= 0.6 is 11.6 Å². The van der Waals surface area contributed by atoms with Crippen molar-refractivity contribution in [3.8, 4) is 17.0 Å². The molecule has 3 N–H and O–H groups in total. The molecule has 0 aliphatic heterocycles. The summed E-state index contributed by atoms with van der Waals surface area (Å²) in [5.74, 6) is 0.538. The first-order valence-corrected chi connectivity index (χ1v) is 11.3. The maximum absolute atomic E-state index is 12.3. The minimum Gasteiger partial charge on any atom is -0.497 e. The van der Waals surface area contributed by atoms with Gasteiger partial charge < -0.3 is 10.1 Å². The fourth-order valence-corrected chi connectivity index (χ4v) is 4.18. The van der Waals surface area contributed by atoms with Crippen molar-refractivity contribution in [3.63, 3.8) is 0 Å². The SMILES string of the molecule is COc1ccc(Cl)c(Nc2nc3ccccc3nc2-c2c([N+](=O)[O-])cccc2S(N)(=O)=O)c1. The number of aromatic nitrogens is 2. The molecule has 3 aromatic carbocycles. The van der Waals surface area contributed by atoms with E-state index < -0.39 is 25.5 Å². The standard InChI is InChI=1S/C21H16ClN5O5S/c1-32-12-9-10-13(22)16(11-12)26-21-20(24-14-5-2-3-6-15(14)25-21)19-17(27(28)29)7-4-8-18(19)33(23,30)31/h2-11H,1H3,(H,25,26)(H2,23,30,31). The molecule has 10 nitrogen and oxygen atoms in total. The van der Waals surface area contributed by atoms with Gasteiger partial charge in [0.05, 0.1) is 38.7 Å². The largest absolute Gasteiger partial charge is 0.497 e. The molecule has 168 valence electrons. The molecule has 0 bridgehead atoms. The highest BCUT2D eigenvalue weighted by molar-refractivity contribution is 7.89. The van der Waals surface area contributed by atoms with Gasteiger partial charge in [-0.2, -0.15) is 0 Å². The molecule has 0 saturated heterocycles. The number of halogens is 1. The Bertz CT molecular complexity index is 1510. The summed E-state index contributed by atoms with van der Waals surface area (Å²) in [6, 6.07) is 15.3. The van der Waals surface area contributed by atoms with E-state index in [0.29, 0.717) is 27.5 Å². The number of ether oxygens (including phenoxy) is 1. The van der Waals surface area contributed by atoms with Gasteiger partial charge in [-0.1, -0.05) is 29.8 Å². The van der Waals surface area contributed by atoms with E-state index >= 15 is 0 Å². The Kier molecular flexibility index (Phi) is 5.85. The van der Waals surface area contributed by atoms with Gasteiger partial charge in [0.2, 0.25) is 10.0 Å². The van der Waals surface area contributed by atoms with E-state index in [4.69, 9.17) is 21.5 Å². The number of primary sulfonamides is 1. The van der Waals surface area contributed by atoms with Crippen LogP contribution in [-0.4, -0.2) is 30.4 Å². The van der Waals surface area contributed by atoms with Crippen molar-refractivity contribution in [2.75, 3.05) is 12.4 Å². The second-order valence-corrected chi connectivity index (χ2v) is 8.77. The van der Waals surface area contributed by atoms with Crippen molar-refractivity contribution in [1.82, 2.24) is 9.97 Å². The van der Waals surface area contributed by atoms with E-state index in [-0.39, 0.29) is 17.1 Å². The lowest BCUT2D eigenvalue weighted by atomic mass is 10.1. The molecular weight excluding hydrogens is 470 g/mol. The molecule has 33 heavy (non-hydrogen) atoms. The summed E-state index contributed by atoms with van der Waals surface area (Å²) in [5.41, 5.74) is 0.379. The molecule has 1 heterocycles. The van der Waals surface area contributed by atoms with Crippen molar-refractivity contribution < 1.29 is 18.1 Å². The number of hydrogen-bond donors (Lipinski definition) is 2. The second-order valence-electron chi connectivity index (χ2n) is 6.83. The van der Waals surface area contributed by atoms with Gasteiger partial charge >= 0.3 is 0 Å².